The molecule has 1 aliphatic carbocycles. The normalized spacial score (nSPS) is 36.8. The quantitative estimate of drug-likeness (QED) is 0.411. The minimum absolute atomic E-state index is 0.0474. The van der Waals surface area contributed by atoms with E-state index in [1.54, 1.807) is 4.90 Å². The zero-order chi connectivity index (χ0) is 17.4. The zero-order valence-electron chi connectivity index (χ0n) is 13.3. The highest BCUT2D eigenvalue weighted by Crippen LogP contribution is 2.55. The smallest absolute Gasteiger partial charge is 0.404 e. The lowest BCUT2D eigenvalue weighted by Gasteiger charge is -2.39. The third-order valence-corrected chi connectivity index (χ3v) is 5.47. The first kappa shape index (κ1) is 15.2. The van der Waals surface area contributed by atoms with Crippen molar-refractivity contribution in [3.8, 4) is 0 Å². The maximum Gasteiger partial charge on any atom is 0.404 e. The van der Waals surface area contributed by atoms with E-state index in [1.165, 1.54) is 14.0 Å². The van der Waals surface area contributed by atoms with Crippen LogP contribution in [0, 0.1) is 5.92 Å². The highest BCUT2D eigenvalue weighted by Gasteiger charge is 2.72. The molecule has 1 unspecified atom stereocenters. The summed E-state index contributed by atoms with van der Waals surface area (Å²) in [5, 5.41) is 3.28. The Hall–Kier alpha value is -2.39. The summed E-state index contributed by atoms with van der Waals surface area (Å²) < 4.78 is 10.8. The molecule has 4 aliphatic rings. The number of nitrogens with one attached hydrogen (secondary N) is 1. The van der Waals surface area contributed by atoms with E-state index in [0.717, 1.165) is 0 Å². The largest absolute Gasteiger partial charge is 0.449 e. The predicted molar refractivity (Wildman–Crippen MR) is 80.1 cm³/mol. The zero-order valence-corrected chi connectivity index (χ0v) is 13.3. The first-order valence-electron chi connectivity index (χ1n) is 7.65. The molecule has 3 aliphatic heterocycles. The molecular formula is C15H18N4O5. The average Bonchev–Trinajstić information content (AvgIpc) is 3.16. The summed E-state index contributed by atoms with van der Waals surface area (Å²) in [7, 11) is 1.52. The fourth-order valence-electron chi connectivity index (χ4n) is 4.32. The van der Waals surface area contributed by atoms with Crippen molar-refractivity contribution in [3.05, 3.63) is 22.5 Å². The number of carbonyl (C=O) groups excluding carboxylic acids is 3. The van der Waals surface area contributed by atoms with Crippen LogP contribution in [0.25, 0.3) is 0 Å². The number of nitrogens with zero attached hydrogens (tertiary/aromatic N) is 1. The molecule has 0 spiro atoms. The van der Waals surface area contributed by atoms with Crippen molar-refractivity contribution in [1.82, 2.24) is 10.2 Å². The second-order valence-electron chi connectivity index (χ2n) is 6.46. The molecule has 2 saturated heterocycles. The third-order valence-electron chi connectivity index (χ3n) is 5.47. The molecule has 9 nitrogen and oxygen atoms in total. The van der Waals surface area contributed by atoms with Crippen LogP contribution in [-0.2, 0) is 19.1 Å². The van der Waals surface area contributed by atoms with Gasteiger partial charge in [-0.15, -0.1) is 0 Å². The molecule has 0 aromatic heterocycles. The number of nitrogens with two attached hydrogens (primary N) is 2. The van der Waals surface area contributed by atoms with Crippen LogP contribution in [-0.4, -0.2) is 60.6 Å². The number of ketones is 2. The van der Waals surface area contributed by atoms with E-state index in [-0.39, 0.29) is 47.2 Å². The molecule has 4 rings (SSSR count). The van der Waals surface area contributed by atoms with Gasteiger partial charge in [0.15, 0.2) is 11.5 Å². The van der Waals surface area contributed by atoms with Gasteiger partial charge >= 0.3 is 6.09 Å². The molecule has 0 aromatic rings. The Kier molecular flexibility index (Phi) is 2.89. The maximum absolute atomic E-state index is 12.8. The van der Waals surface area contributed by atoms with Crippen LogP contribution in [0.2, 0.25) is 0 Å². The highest BCUT2D eigenvalue weighted by molar-refractivity contribution is 6.25. The summed E-state index contributed by atoms with van der Waals surface area (Å²) in [5.74, 6) is -1.32. The number of Topliss-reactive ketones (excluding diaryl/α,β-unsaturated/α-hetero) is 2. The molecule has 5 N–H and O–H groups in total. The minimum atomic E-state index is -0.957. The summed E-state index contributed by atoms with van der Waals surface area (Å²) >= 11 is 0. The second-order valence-corrected chi connectivity index (χ2v) is 6.46. The molecule has 24 heavy (non-hydrogen) atoms. The summed E-state index contributed by atoms with van der Waals surface area (Å²) in [6.07, 6.45) is -0.943. The number of hydrogen-bond donors (Lipinski definition) is 3. The van der Waals surface area contributed by atoms with Crippen molar-refractivity contribution in [1.29, 1.82) is 0 Å². The van der Waals surface area contributed by atoms with Gasteiger partial charge in [-0.1, -0.05) is 0 Å². The fraction of sp³-hybridized carbons (Fsp3) is 0.533. The van der Waals surface area contributed by atoms with Crippen molar-refractivity contribution in [2.75, 3.05) is 20.3 Å². The Morgan fingerprint density at radius 3 is 2.75 bits per heavy atom. The van der Waals surface area contributed by atoms with Gasteiger partial charge in [-0.05, 0) is 6.92 Å². The topological polar surface area (TPSA) is 147 Å². The number of allylic oxidation sites excluding steroid dienone is 1. The van der Waals surface area contributed by atoms with E-state index >= 15 is 0 Å². The van der Waals surface area contributed by atoms with Crippen molar-refractivity contribution in [3.63, 3.8) is 0 Å². The lowest BCUT2D eigenvalue weighted by atomic mass is 9.82. The van der Waals surface area contributed by atoms with Gasteiger partial charge in [0.1, 0.15) is 6.61 Å². The molecular weight excluding hydrogens is 316 g/mol. The Labute approximate surface area is 137 Å². The Morgan fingerprint density at radius 2 is 2.12 bits per heavy atom. The van der Waals surface area contributed by atoms with E-state index in [2.05, 4.69) is 5.32 Å². The molecule has 4 atom stereocenters. The Morgan fingerprint density at radius 1 is 1.42 bits per heavy atom. The van der Waals surface area contributed by atoms with Crippen LogP contribution in [0.3, 0.4) is 0 Å². The molecule has 3 heterocycles. The number of rotatable bonds is 3. The number of primary amides is 1. The number of ether oxygens (including phenoxy) is 2. The fourth-order valence-corrected chi connectivity index (χ4v) is 4.32. The molecule has 9 heteroatoms. The first-order chi connectivity index (χ1) is 11.3. The Bertz CT molecular complexity index is 757. The summed E-state index contributed by atoms with van der Waals surface area (Å²) in [6.45, 7) is 1.90. The highest BCUT2D eigenvalue weighted by atomic mass is 16.6. The number of hydrogen-bond acceptors (Lipinski definition) is 8. The average molecular weight is 334 g/mol. The first-order valence-corrected chi connectivity index (χ1v) is 7.65. The lowest BCUT2D eigenvalue weighted by Crippen LogP contribution is -2.55. The second kappa shape index (κ2) is 4.58. The van der Waals surface area contributed by atoms with E-state index in [4.69, 9.17) is 20.9 Å². The lowest BCUT2D eigenvalue weighted by molar-refractivity contribution is -0.137. The van der Waals surface area contributed by atoms with E-state index in [0.29, 0.717) is 12.1 Å². The van der Waals surface area contributed by atoms with Gasteiger partial charge in [0.05, 0.1) is 23.4 Å². The molecule has 0 saturated carbocycles. The van der Waals surface area contributed by atoms with Crippen molar-refractivity contribution in [2.45, 2.75) is 24.7 Å². The van der Waals surface area contributed by atoms with Crippen LogP contribution in [0.5, 0.6) is 0 Å². The van der Waals surface area contributed by atoms with Gasteiger partial charge in [0.25, 0.3) is 0 Å². The number of amides is 1. The van der Waals surface area contributed by atoms with Gasteiger partial charge in [0, 0.05) is 30.8 Å². The van der Waals surface area contributed by atoms with Crippen LogP contribution >= 0.6 is 0 Å². The molecule has 0 bridgehead atoms. The van der Waals surface area contributed by atoms with Gasteiger partial charge in [0.2, 0.25) is 5.78 Å². The van der Waals surface area contributed by atoms with Gasteiger partial charge in [-0.2, -0.15) is 0 Å². The third kappa shape index (κ3) is 1.58. The van der Waals surface area contributed by atoms with Crippen LogP contribution in [0.1, 0.15) is 6.92 Å². The minimum Gasteiger partial charge on any atom is -0.449 e. The van der Waals surface area contributed by atoms with E-state index in [9.17, 15) is 14.4 Å². The molecule has 0 radical (unpaired) electrons. The number of methoxy groups -OCH3 is 1. The van der Waals surface area contributed by atoms with Crippen molar-refractivity contribution < 1.29 is 23.9 Å². The van der Waals surface area contributed by atoms with Crippen LogP contribution < -0.4 is 16.8 Å². The standard InChI is InChI=1S/C15H18N4O5/c1-5-9(16)12(21)10-8(11(5)20)6(4-24-14(17)22)15(23-2)13-7(18-13)3-19(10)15/h6-7,13,18H,3-4,16H2,1-2H3,(H2,17,22)/t6?,7-,13-,15+/m0/s1. The number of piperazine rings is 1. The molecule has 0 aromatic carbocycles. The molecule has 1 amide bonds. The van der Waals surface area contributed by atoms with E-state index in [1.807, 2.05) is 0 Å². The summed E-state index contributed by atoms with van der Waals surface area (Å²) in [4.78, 5) is 38.4. The van der Waals surface area contributed by atoms with Crippen molar-refractivity contribution >= 4 is 17.7 Å². The van der Waals surface area contributed by atoms with Crippen LogP contribution in [0.4, 0.5) is 4.79 Å². The molecule has 2 fully saturated rings. The Balaban J connectivity index is 1.85. The number of carbonyl (C=O) groups is 3. The van der Waals surface area contributed by atoms with Crippen molar-refractivity contribution in [2.24, 2.45) is 17.4 Å². The molecule has 128 valence electrons. The summed E-state index contributed by atoms with van der Waals surface area (Å²) in [5.41, 5.74) is 10.7. The van der Waals surface area contributed by atoms with Gasteiger partial charge < -0.3 is 31.2 Å². The monoisotopic (exact) mass is 334 g/mol. The van der Waals surface area contributed by atoms with E-state index < -0.39 is 17.7 Å². The number of fused-ring (bicyclic) bond motifs is 4. The summed E-state index contributed by atoms with van der Waals surface area (Å²) in [6, 6.07) is 0.0999. The predicted octanol–water partition coefficient (Wildman–Crippen LogP) is -1.65. The maximum atomic E-state index is 12.8. The van der Waals surface area contributed by atoms with Gasteiger partial charge in [-0.25, -0.2) is 4.79 Å². The SMILES string of the molecule is CO[C@@]12C(COC(N)=O)C3=C(C(=O)C(N)=C(C)C3=O)N1C[C@@H]1N[C@@H]12. The van der Waals surface area contributed by atoms with Gasteiger partial charge in [-0.3, -0.25) is 9.59 Å². The van der Waals surface area contributed by atoms with Crippen LogP contribution in [0.15, 0.2) is 22.5 Å².